The molecular weight excluding hydrogens is 388 g/mol. The number of nitrogens with zero attached hydrogens (tertiary/aromatic N) is 2. The molecule has 0 bridgehead atoms. The zero-order valence-electron chi connectivity index (χ0n) is 12.8. The maximum Gasteiger partial charge on any atom is 0.300 e. The Bertz CT molecular complexity index is 1030. The molecule has 1 aromatic carbocycles. The number of rotatable bonds is 6. The van der Waals surface area contributed by atoms with Gasteiger partial charge in [-0.2, -0.15) is 8.42 Å². The zero-order chi connectivity index (χ0) is 18.0. The first-order chi connectivity index (χ1) is 11.9. The van der Waals surface area contributed by atoms with Gasteiger partial charge < -0.3 is 10.3 Å². The highest BCUT2D eigenvalue weighted by Crippen LogP contribution is 2.18. The molecule has 2 heterocycles. The highest BCUT2D eigenvalue weighted by molar-refractivity contribution is 7.91. The van der Waals surface area contributed by atoms with Crippen LogP contribution in [0.15, 0.2) is 23.6 Å². The van der Waals surface area contributed by atoms with Gasteiger partial charge in [0.15, 0.2) is 5.13 Å². The molecule has 0 spiro atoms. The summed E-state index contributed by atoms with van der Waals surface area (Å²) < 4.78 is 27.1. The molecule has 0 saturated carbocycles. The number of H-pyrrole nitrogens is 1. The van der Waals surface area contributed by atoms with Crippen LogP contribution in [0.1, 0.15) is 16.3 Å². The number of amides is 1. The number of hydrogen-bond acceptors (Lipinski definition) is 6. The summed E-state index contributed by atoms with van der Waals surface area (Å²) in [5.74, 6) is 0.126. The molecule has 0 aliphatic rings. The van der Waals surface area contributed by atoms with Crippen molar-refractivity contribution in [3.63, 3.8) is 0 Å². The molecule has 0 radical (unpaired) electrons. The summed E-state index contributed by atoms with van der Waals surface area (Å²) in [4.78, 5) is 23.4. The summed E-state index contributed by atoms with van der Waals surface area (Å²) in [5, 5.41) is 4.81. The van der Waals surface area contributed by atoms with Gasteiger partial charge in [-0.1, -0.05) is 11.6 Å². The predicted octanol–water partition coefficient (Wildman–Crippen LogP) is 1.48. The van der Waals surface area contributed by atoms with Gasteiger partial charge in [-0.25, -0.2) is 19.4 Å². The molecule has 9 nitrogen and oxygen atoms in total. The van der Waals surface area contributed by atoms with Gasteiger partial charge in [0.1, 0.15) is 11.5 Å². The quantitative estimate of drug-likeness (QED) is 0.498. The van der Waals surface area contributed by atoms with Crippen LogP contribution >= 0.6 is 22.9 Å². The molecule has 0 saturated heterocycles. The molecule has 12 heteroatoms. The topological polar surface area (TPSA) is 129 Å². The molecule has 3 aromatic rings. The summed E-state index contributed by atoms with van der Waals surface area (Å²) >= 11 is 6.92. The number of carbonyl (C=O) groups is 1. The van der Waals surface area contributed by atoms with Crippen LogP contribution in [-0.4, -0.2) is 36.3 Å². The minimum Gasteiger partial charge on any atom is -0.343 e. The number of benzene rings is 1. The number of thiazole rings is 1. The molecule has 132 valence electrons. The molecule has 0 unspecified atom stereocenters. The predicted molar refractivity (Wildman–Crippen MR) is 96.0 cm³/mol. The van der Waals surface area contributed by atoms with E-state index in [0.717, 1.165) is 22.4 Å². The average molecular weight is 401 g/mol. The second kappa shape index (κ2) is 6.96. The van der Waals surface area contributed by atoms with E-state index in [-0.39, 0.29) is 17.4 Å². The fourth-order valence-corrected chi connectivity index (χ4v) is 3.57. The monoisotopic (exact) mass is 400 g/mol. The van der Waals surface area contributed by atoms with E-state index in [1.54, 1.807) is 18.2 Å². The highest BCUT2D eigenvalue weighted by atomic mass is 35.5. The van der Waals surface area contributed by atoms with Crippen LogP contribution < -0.4 is 14.8 Å². The van der Waals surface area contributed by atoms with E-state index in [2.05, 4.69) is 29.7 Å². The van der Waals surface area contributed by atoms with Crippen LogP contribution in [0.3, 0.4) is 0 Å². The van der Waals surface area contributed by atoms with Gasteiger partial charge in [-0.05, 0) is 18.2 Å². The SMILES string of the molecule is CNS(=O)(=O)Nc1nc(C(=O)NCc2nc3ccc(Cl)cc3[nH]2)cs1. The Hall–Kier alpha value is -2.21. The van der Waals surface area contributed by atoms with Gasteiger partial charge in [0.05, 0.1) is 17.6 Å². The first kappa shape index (κ1) is 17.6. The third-order valence-corrected chi connectivity index (χ3v) is 5.26. The number of nitrogens with one attached hydrogen (secondary N) is 4. The summed E-state index contributed by atoms with van der Waals surface area (Å²) in [6, 6.07) is 5.26. The molecule has 0 fully saturated rings. The lowest BCUT2D eigenvalue weighted by Gasteiger charge is -2.02. The first-order valence-electron chi connectivity index (χ1n) is 6.95. The van der Waals surface area contributed by atoms with Crippen LogP contribution in [-0.2, 0) is 16.8 Å². The molecule has 0 aliphatic heterocycles. The van der Waals surface area contributed by atoms with Crippen LogP contribution in [0.2, 0.25) is 5.02 Å². The van der Waals surface area contributed by atoms with Crippen LogP contribution in [0.4, 0.5) is 5.13 Å². The standard InChI is InChI=1S/C13H13ClN6O3S2/c1-15-25(22,23)20-13-19-10(6-24-13)12(21)16-5-11-17-8-3-2-7(14)4-9(8)18-11/h2-4,6,15H,5H2,1H3,(H,16,21)(H,17,18)(H,19,20). The maximum absolute atomic E-state index is 12.1. The van der Waals surface area contributed by atoms with Crippen LogP contribution in [0, 0.1) is 0 Å². The van der Waals surface area contributed by atoms with Crippen LogP contribution in [0.5, 0.6) is 0 Å². The van der Waals surface area contributed by atoms with Crippen molar-refractivity contribution in [2.75, 3.05) is 11.8 Å². The van der Waals surface area contributed by atoms with Crippen molar-refractivity contribution in [3.8, 4) is 0 Å². The fourth-order valence-electron chi connectivity index (χ4n) is 1.96. The molecule has 0 atom stereocenters. The molecule has 3 rings (SSSR count). The van der Waals surface area contributed by atoms with Crippen molar-refractivity contribution in [3.05, 3.63) is 40.1 Å². The van der Waals surface area contributed by atoms with Gasteiger partial charge in [-0.3, -0.25) is 4.79 Å². The second-order valence-electron chi connectivity index (χ2n) is 4.88. The molecule has 2 aromatic heterocycles. The summed E-state index contributed by atoms with van der Waals surface area (Å²) in [6.07, 6.45) is 0. The van der Waals surface area contributed by atoms with Crippen molar-refractivity contribution in [2.45, 2.75) is 6.54 Å². The number of carbonyl (C=O) groups excluding carboxylic acids is 1. The van der Waals surface area contributed by atoms with E-state index >= 15 is 0 Å². The Morgan fingerprint density at radius 1 is 1.36 bits per heavy atom. The highest BCUT2D eigenvalue weighted by Gasteiger charge is 2.14. The summed E-state index contributed by atoms with van der Waals surface area (Å²) in [5.41, 5.74) is 1.62. The van der Waals surface area contributed by atoms with Crippen molar-refractivity contribution >= 4 is 55.2 Å². The number of anilines is 1. The summed E-state index contributed by atoms with van der Waals surface area (Å²) in [7, 11) is -2.40. The molecule has 1 amide bonds. The lowest BCUT2D eigenvalue weighted by atomic mass is 10.3. The van der Waals surface area contributed by atoms with E-state index in [1.807, 2.05) is 0 Å². The minimum atomic E-state index is -3.67. The van der Waals surface area contributed by atoms with E-state index < -0.39 is 16.1 Å². The van der Waals surface area contributed by atoms with Gasteiger partial charge in [0.25, 0.3) is 5.91 Å². The molecule has 4 N–H and O–H groups in total. The smallest absolute Gasteiger partial charge is 0.300 e. The third-order valence-electron chi connectivity index (χ3n) is 3.14. The van der Waals surface area contributed by atoms with Crippen molar-refractivity contribution in [1.29, 1.82) is 0 Å². The third kappa shape index (κ3) is 4.25. The number of imidazole rings is 1. The number of aromatic amines is 1. The van der Waals surface area contributed by atoms with Crippen LogP contribution in [0.25, 0.3) is 11.0 Å². The van der Waals surface area contributed by atoms with E-state index in [4.69, 9.17) is 11.6 Å². The van der Waals surface area contributed by atoms with Gasteiger partial charge in [0, 0.05) is 17.5 Å². The Morgan fingerprint density at radius 3 is 2.92 bits per heavy atom. The average Bonchev–Trinajstić information content (AvgIpc) is 3.18. The Labute approximate surface area is 152 Å². The minimum absolute atomic E-state index is 0.0953. The number of aromatic nitrogens is 3. The number of halogens is 1. The van der Waals surface area contributed by atoms with E-state index in [9.17, 15) is 13.2 Å². The second-order valence-corrected chi connectivity index (χ2v) is 7.79. The number of fused-ring (bicyclic) bond motifs is 1. The van der Waals surface area contributed by atoms with Crippen molar-refractivity contribution < 1.29 is 13.2 Å². The molecule has 25 heavy (non-hydrogen) atoms. The van der Waals surface area contributed by atoms with E-state index in [1.165, 1.54) is 12.4 Å². The molecular formula is C13H13ClN6O3S2. The largest absolute Gasteiger partial charge is 0.343 e. The molecule has 0 aliphatic carbocycles. The number of hydrogen-bond donors (Lipinski definition) is 4. The van der Waals surface area contributed by atoms with Gasteiger partial charge >= 0.3 is 10.2 Å². The van der Waals surface area contributed by atoms with Crippen molar-refractivity contribution in [1.82, 2.24) is 25.0 Å². The zero-order valence-corrected chi connectivity index (χ0v) is 15.2. The Balaban J connectivity index is 1.65. The fraction of sp³-hybridized carbons (Fsp3) is 0.154. The Morgan fingerprint density at radius 2 is 2.16 bits per heavy atom. The normalized spacial score (nSPS) is 11.6. The van der Waals surface area contributed by atoms with Gasteiger partial charge in [-0.15, -0.1) is 11.3 Å². The van der Waals surface area contributed by atoms with E-state index in [0.29, 0.717) is 10.8 Å². The first-order valence-corrected chi connectivity index (χ1v) is 9.69. The van der Waals surface area contributed by atoms with Gasteiger partial charge in [0.2, 0.25) is 0 Å². The Kier molecular flexibility index (Phi) is 4.90. The van der Waals surface area contributed by atoms with Crippen molar-refractivity contribution in [2.24, 2.45) is 0 Å². The maximum atomic E-state index is 12.1. The lowest BCUT2D eigenvalue weighted by Crippen LogP contribution is -2.26. The summed E-state index contributed by atoms with van der Waals surface area (Å²) in [6.45, 7) is 0.167. The lowest BCUT2D eigenvalue weighted by molar-refractivity contribution is 0.0945.